The third-order valence-corrected chi connectivity index (χ3v) is 4.20. The molecule has 2 nitrogen and oxygen atoms in total. The largest absolute Gasteiger partial charge is 0.330 e. The van der Waals surface area contributed by atoms with E-state index in [0.717, 1.165) is 6.54 Å². The van der Waals surface area contributed by atoms with E-state index in [1.807, 2.05) is 12.5 Å². The van der Waals surface area contributed by atoms with Gasteiger partial charge in [0.1, 0.15) is 0 Å². The molecule has 1 aromatic carbocycles. The Morgan fingerprint density at radius 3 is 2.89 bits per heavy atom. The van der Waals surface area contributed by atoms with Crippen molar-refractivity contribution in [1.29, 1.82) is 0 Å². The maximum atomic E-state index is 4.18. The Balaban J connectivity index is 1.94. The van der Waals surface area contributed by atoms with Gasteiger partial charge in [-0.2, -0.15) is 0 Å². The highest BCUT2D eigenvalue weighted by Gasteiger charge is 2.29. The molecule has 0 bridgehead atoms. The van der Waals surface area contributed by atoms with E-state index < -0.39 is 0 Å². The molecule has 0 atom stereocenters. The van der Waals surface area contributed by atoms with Crippen molar-refractivity contribution in [1.82, 2.24) is 9.55 Å². The molecule has 1 heterocycles. The van der Waals surface area contributed by atoms with Crippen molar-refractivity contribution >= 4 is 0 Å². The standard InChI is InChI=1S/C16H20N2/c1-12-9-17-11-18(12)10-13-4-5-14-6-7-16(2,3)15(14)8-13/h4-5,8-9,11H,6-7,10H2,1-3H3. The van der Waals surface area contributed by atoms with E-state index in [1.54, 1.807) is 0 Å². The van der Waals surface area contributed by atoms with Gasteiger partial charge in [0.2, 0.25) is 0 Å². The van der Waals surface area contributed by atoms with Crippen LogP contribution in [-0.2, 0) is 18.4 Å². The molecule has 0 fully saturated rings. The molecule has 1 aliphatic rings. The first-order valence-electron chi connectivity index (χ1n) is 6.65. The second kappa shape index (κ2) is 3.98. The van der Waals surface area contributed by atoms with E-state index in [-0.39, 0.29) is 0 Å². The lowest BCUT2D eigenvalue weighted by Crippen LogP contribution is -2.12. The summed E-state index contributed by atoms with van der Waals surface area (Å²) in [6, 6.07) is 6.97. The van der Waals surface area contributed by atoms with Crippen molar-refractivity contribution in [2.24, 2.45) is 0 Å². The number of benzene rings is 1. The molecule has 2 heteroatoms. The molecular weight excluding hydrogens is 220 g/mol. The lowest BCUT2D eigenvalue weighted by molar-refractivity contribution is 0.522. The van der Waals surface area contributed by atoms with E-state index in [1.165, 1.54) is 35.2 Å². The Morgan fingerprint density at radius 1 is 1.33 bits per heavy atom. The lowest BCUT2D eigenvalue weighted by Gasteiger charge is -2.19. The Labute approximate surface area is 109 Å². The topological polar surface area (TPSA) is 17.8 Å². The molecule has 94 valence electrons. The van der Waals surface area contributed by atoms with Crippen LogP contribution in [0.15, 0.2) is 30.7 Å². The summed E-state index contributed by atoms with van der Waals surface area (Å²) < 4.78 is 2.20. The number of hydrogen-bond acceptors (Lipinski definition) is 1. The predicted octanol–water partition coefficient (Wildman–Crippen LogP) is 3.46. The van der Waals surface area contributed by atoms with Crippen molar-refractivity contribution in [2.75, 3.05) is 0 Å². The zero-order valence-corrected chi connectivity index (χ0v) is 11.4. The van der Waals surface area contributed by atoms with E-state index in [0.29, 0.717) is 5.41 Å². The van der Waals surface area contributed by atoms with Crippen molar-refractivity contribution < 1.29 is 0 Å². The summed E-state index contributed by atoms with van der Waals surface area (Å²) in [5.41, 5.74) is 6.01. The van der Waals surface area contributed by atoms with E-state index >= 15 is 0 Å². The van der Waals surface area contributed by atoms with Gasteiger partial charge in [0.05, 0.1) is 6.33 Å². The highest BCUT2D eigenvalue weighted by Crippen LogP contribution is 2.38. The Hall–Kier alpha value is -1.57. The van der Waals surface area contributed by atoms with Gasteiger partial charge in [0, 0.05) is 18.4 Å². The first-order chi connectivity index (χ1) is 8.56. The summed E-state index contributed by atoms with van der Waals surface area (Å²) in [6.45, 7) is 7.73. The molecule has 0 N–H and O–H groups in total. The van der Waals surface area contributed by atoms with Crippen LogP contribution in [0.4, 0.5) is 0 Å². The van der Waals surface area contributed by atoms with Gasteiger partial charge in [0.25, 0.3) is 0 Å². The van der Waals surface area contributed by atoms with Crippen molar-refractivity contribution in [3.05, 3.63) is 53.1 Å². The minimum absolute atomic E-state index is 0.343. The summed E-state index contributed by atoms with van der Waals surface area (Å²) in [5, 5.41) is 0. The second-order valence-corrected chi connectivity index (χ2v) is 6.04. The third-order valence-electron chi connectivity index (χ3n) is 4.20. The molecular formula is C16H20N2. The molecule has 1 aromatic heterocycles. The zero-order chi connectivity index (χ0) is 12.8. The van der Waals surface area contributed by atoms with Gasteiger partial charge in [-0.15, -0.1) is 0 Å². The molecule has 0 aliphatic heterocycles. The number of aromatic nitrogens is 2. The molecule has 0 unspecified atom stereocenters. The lowest BCUT2D eigenvalue weighted by atomic mass is 9.86. The molecule has 2 aromatic rings. The maximum Gasteiger partial charge on any atom is 0.0951 e. The predicted molar refractivity (Wildman–Crippen MR) is 73.9 cm³/mol. The highest BCUT2D eigenvalue weighted by molar-refractivity contribution is 5.41. The van der Waals surface area contributed by atoms with Crippen LogP contribution in [0.2, 0.25) is 0 Å². The zero-order valence-electron chi connectivity index (χ0n) is 11.4. The fraction of sp³-hybridized carbons (Fsp3) is 0.438. The molecule has 18 heavy (non-hydrogen) atoms. The molecule has 0 spiro atoms. The van der Waals surface area contributed by atoms with Crippen molar-refractivity contribution in [3.63, 3.8) is 0 Å². The van der Waals surface area contributed by atoms with Gasteiger partial charge in [-0.05, 0) is 41.9 Å². The minimum atomic E-state index is 0.343. The Kier molecular flexibility index (Phi) is 2.54. The van der Waals surface area contributed by atoms with Gasteiger partial charge < -0.3 is 4.57 Å². The van der Waals surface area contributed by atoms with Gasteiger partial charge in [-0.25, -0.2) is 4.98 Å². The second-order valence-electron chi connectivity index (χ2n) is 6.04. The summed E-state index contributed by atoms with van der Waals surface area (Å²) in [5.74, 6) is 0. The smallest absolute Gasteiger partial charge is 0.0951 e. The third kappa shape index (κ3) is 1.86. The summed E-state index contributed by atoms with van der Waals surface area (Å²) in [4.78, 5) is 4.18. The van der Waals surface area contributed by atoms with Crippen LogP contribution >= 0.6 is 0 Å². The normalized spacial score (nSPS) is 16.8. The average Bonchev–Trinajstić information content (AvgIpc) is 2.85. The van der Waals surface area contributed by atoms with Crippen LogP contribution in [0, 0.1) is 6.92 Å². The van der Waals surface area contributed by atoms with Crippen LogP contribution in [0.25, 0.3) is 0 Å². The minimum Gasteiger partial charge on any atom is -0.330 e. The fourth-order valence-corrected chi connectivity index (χ4v) is 2.90. The summed E-state index contributed by atoms with van der Waals surface area (Å²) >= 11 is 0. The van der Waals surface area contributed by atoms with Crippen LogP contribution in [0.3, 0.4) is 0 Å². The van der Waals surface area contributed by atoms with Crippen LogP contribution in [0.1, 0.15) is 42.7 Å². The average molecular weight is 240 g/mol. The van der Waals surface area contributed by atoms with E-state index in [9.17, 15) is 0 Å². The monoisotopic (exact) mass is 240 g/mol. The fourth-order valence-electron chi connectivity index (χ4n) is 2.90. The Morgan fingerprint density at radius 2 is 2.17 bits per heavy atom. The quantitative estimate of drug-likeness (QED) is 0.786. The van der Waals surface area contributed by atoms with Crippen LogP contribution in [0.5, 0.6) is 0 Å². The van der Waals surface area contributed by atoms with E-state index in [2.05, 4.69) is 48.5 Å². The van der Waals surface area contributed by atoms with Crippen molar-refractivity contribution in [2.45, 2.75) is 45.6 Å². The first-order valence-corrected chi connectivity index (χ1v) is 6.65. The maximum absolute atomic E-state index is 4.18. The summed E-state index contributed by atoms with van der Waals surface area (Å²) in [6.07, 6.45) is 6.33. The number of imidazole rings is 1. The molecule has 0 saturated heterocycles. The number of fused-ring (bicyclic) bond motifs is 1. The van der Waals surface area contributed by atoms with Gasteiger partial charge in [0.15, 0.2) is 0 Å². The number of rotatable bonds is 2. The number of aryl methyl sites for hydroxylation is 2. The molecule has 0 radical (unpaired) electrons. The van der Waals surface area contributed by atoms with Crippen molar-refractivity contribution in [3.8, 4) is 0 Å². The first kappa shape index (κ1) is 11.5. The van der Waals surface area contributed by atoms with Gasteiger partial charge in [-0.1, -0.05) is 32.0 Å². The van der Waals surface area contributed by atoms with E-state index in [4.69, 9.17) is 0 Å². The molecule has 0 saturated carbocycles. The van der Waals surface area contributed by atoms with Gasteiger partial charge >= 0.3 is 0 Å². The number of nitrogens with zero attached hydrogens (tertiary/aromatic N) is 2. The molecule has 3 rings (SSSR count). The van der Waals surface area contributed by atoms with Crippen LogP contribution < -0.4 is 0 Å². The molecule has 0 amide bonds. The Bertz CT molecular complexity index is 579. The van der Waals surface area contributed by atoms with Crippen LogP contribution in [-0.4, -0.2) is 9.55 Å². The highest BCUT2D eigenvalue weighted by atomic mass is 15.0. The van der Waals surface area contributed by atoms with Gasteiger partial charge in [-0.3, -0.25) is 0 Å². The SMILES string of the molecule is Cc1cncn1Cc1ccc2c(c1)C(C)(C)CC2. The molecule has 1 aliphatic carbocycles. The summed E-state index contributed by atoms with van der Waals surface area (Å²) in [7, 11) is 0. The number of hydrogen-bond donors (Lipinski definition) is 0.